The summed E-state index contributed by atoms with van der Waals surface area (Å²) in [5.41, 5.74) is 0. The fraction of sp³-hybridized carbons (Fsp3) is 0.947. The van der Waals surface area contributed by atoms with Crippen LogP contribution in [-0.2, 0) is 23.5 Å². The Hall–Kier alpha value is -0.388. The summed E-state index contributed by atoms with van der Waals surface area (Å²) in [5.74, 6) is -0.484. The van der Waals surface area contributed by atoms with Gasteiger partial charge in [-0.2, -0.15) is 0 Å². The minimum absolute atomic E-state index is 0.123. The van der Waals surface area contributed by atoms with Crippen LogP contribution in [0.3, 0.4) is 0 Å². The molecule has 5 nitrogen and oxygen atoms in total. The molecular formula is C38H76BO5PSi. The lowest BCUT2D eigenvalue weighted by Gasteiger charge is -2.28. The van der Waals surface area contributed by atoms with Gasteiger partial charge in [-0.25, -0.2) is 0 Å². The van der Waals surface area contributed by atoms with Gasteiger partial charge in [0.25, 0.3) is 0 Å². The summed E-state index contributed by atoms with van der Waals surface area (Å²) in [4.78, 5) is 26.1. The highest BCUT2D eigenvalue weighted by Crippen LogP contribution is 2.21. The Balaban J connectivity index is 5.10. The molecule has 0 fully saturated rings. The van der Waals surface area contributed by atoms with Crippen molar-refractivity contribution in [3.8, 4) is 0 Å². The van der Waals surface area contributed by atoms with Crippen molar-refractivity contribution in [2.45, 2.75) is 226 Å². The van der Waals surface area contributed by atoms with Crippen LogP contribution in [0.15, 0.2) is 0 Å². The minimum Gasteiger partial charge on any atom is -0.458 e. The zero-order chi connectivity index (χ0) is 35.6. The van der Waals surface area contributed by atoms with Gasteiger partial charge in [0.2, 0.25) is 0 Å². The first-order valence-electron chi connectivity index (χ1n) is 20.8. The molecular weight excluding hydrogens is 606 g/mol. The highest BCUT2D eigenvalue weighted by molar-refractivity contribution is 7.70. The number of hydrogen-bond donors (Lipinski definition) is 0. The molecule has 270 valence electrons. The average Bonchev–Trinajstić information content (AvgIpc) is 3.07. The first-order valence-corrected chi connectivity index (χ1v) is 22.8. The second kappa shape index (κ2) is 35.9. The van der Waals surface area contributed by atoms with E-state index in [4.69, 9.17) is 23.9 Å². The molecule has 0 aliphatic heterocycles. The molecule has 3 unspecified atom stereocenters. The SMILES string of the molecule is [2H][Si]([B])(OCC[C@@H](OC(=O)CCCCCCCCCCCC)C(CCCCCCCCCC)OC(=O)CCCCCCCCCC)P[3H]. The van der Waals surface area contributed by atoms with Crippen LogP contribution < -0.4 is 0 Å². The third kappa shape index (κ3) is 32.2. The van der Waals surface area contributed by atoms with E-state index in [0.29, 0.717) is 25.7 Å². The van der Waals surface area contributed by atoms with Crippen molar-refractivity contribution >= 4 is 36.6 Å². The Morgan fingerprint density at radius 1 is 0.587 bits per heavy atom. The zero-order valence-corrected chi connectivity index (χ0v) is 32.7. The van der Waals surface area contributed by atoms with Gasteiger partial charge in [-0.3, -0.25) is 9.59 Å². The van der Waals surface area contributed by atoms with E-state index in [1.807, 2.05) is 0 Å². The van der Waals surface area contributed by atoms with E-state index < -0.39 is 29.5 Å². The van der Waals surface area contributed by atoms with Crippen molar-refractivity contribution in [2.24, 2.45) is 0 Å². The summed E-state index contributed by atoms with van der Waals surface area (Å²) in [6.45, 7) is 6.82. The van der Waals surface area contributed by atoms with Crippen molar-refractivity contribution in [3.05, 3.63) is 0 Å². The van der Waals surface area contributed by atoms with Gasteiger partial charge in [-0.15, -0.1) is 8.73 Å². The maximum Gasteiger partial charge on any atom is 0.306 e. The molecule has 4 atom stereocenters. The van der Waals surface area contributed by atoms with Gasteiger partial charge < -0.3 is 13.9 Å². The number of rotatable bonds is 37. The topological polar surface area (TPSA) is 61.8 Å². The number of hydrogen-bond acceptors (Lipinski definition) is 5. The highest BCUT2D eigenvalue weighted by atomic mass is 31.3. The van der Waals surface area contributed by atoms with Gasteiger partial charge >= 0.3 is 11.9 Å². The van der Waals surface area contributed by atoms with Crippen LogP contribution in [0.1, 0.15) is 213 Å². The second-order valence-electron chi connectivity index (χ2n) is 13.5. The number of carbonyl (C=O) groups excluding carboxylic acids is 2. The molecule has 0 rings (SSSR count). The predicted molar refractivity (Wildman–Crippen MR) is 204 cm³/mol. The fourth-order valence-corrected chi connectivity index (χ4v) is 6.67. The molecule has 0 spiro atoms. The summed E-state index contributed by atoms with van der Waals surface area (Å²) in [6, 6.07) is 0. The maximum atomic E-state index is 13.0. The Morgan fingerprint density at radius 3 is 1.28 bits per heavy atom. The number of carbonyl (C=O) groups is 2. The molecule has 2 radical (unpaired) electrons. The zero-order valence-electron chi connectivity index (χ0n) is 32.7. The van der Waals surface area contributed by atoms with Crippen LogP contribution in [0.4, 0.5) is 0 Å². The summed E-state index contributed by atoms with van der Waals surface area (Å²) in [6.07, 6.45) is 31.2. The van der Waals surface area contributed by atoms with Crippen molar-refractivity contribution < 1.29 is 23.5 Å². The molecule has 0 saturated heterocycles. The summed E-state index contributed by atoms with van der Waals surface area (Å²) in [5, 5.41) is 0. The van der Waals surface area contributed by atoms with E-state index in [-0.39, 0.29) is 18.5 Å². The van der Waals surface area contributed by atoms with Crippen molar-refractivity contribution in [3.63, 3.8) is 0 Å². The molecule has 0 bridgehead atoms. The average molecular weight is 686 g/mol. The van der Waals surface area contributed by atoms with Crippen LogP contribution >= 0.6 is 8.73 Å². The Labute approximate surface area is 294 Å². The van der Waals surface area contributed by atoms with E-state index in [9.17, 15) is 9.59 Å². The molecule has 0 saturated carbocycles. The summed E-state index contributed by atoms with van der Waals surface area (Å²) >= 11 is 0. The molecule has 46 heavy (non-hydrogen) atoms. The molecule has 0 aromatic rings. The molecule has 0 aromatic carbocycles. The molecule has 0 heterocycles. The third-order valence-electron chi connectivity index (χ3n) is 8.95. The molecule has 0 aliphatic rings. The van der Waals surface area contributed by atoms with Crippen LogP contribution in [0.5, 0.6) is 0 Å². The van der Waals surface area contributed by atoms with Crippen molar-refractivity contribution in [1.29, 1.82) is 2.51 Å². The van der Waals surface area contributed by atoms with E-state index in [1.165, 1.54) is 109 Å². The lowest BCUT2D eigenvalue weighted by atomic mass is 10.0. The van der Waals surface area contributed by atoms with Crippen LogP contribution in [0.25, 0.3) is 0 Å². The van der Waals surface area contributed by atoms with Crippen molar-refractivity contribution in [1.82, 2.24) is 0 Å². The normalized spacial score (nSPS) is 14.9. The maximum absolute atomic E-state index is 13.0. The Bertz CT molecular complexity index is 737. The summed E-state index contributed by atoms with van der Waals surface area (Å²) < 4.78 is 33.4. The van der Waals surface area contributed by atoms with E-state index in [2.05, 4.69) is 20.8 Å². The molecule has 0 N–H and O–H groups in total. The van der Waals surface area contributed by atoms with Gasteiger partial charge in [0.1, 0.15) is 20.7 Å². The quantitative estimate of drug-likeness (QED) is 0.0282. The van der Waals surface area contributed by atoms with Gasteiger partial charge in [-0.05, 0) is 25.7 Å². The monoisotopic (exact) mass is 686 g/mol. The number of esters is 2. The van der Waals surface area contributed by atoms with Crippen molar-refractivity contribution in [2.75, 3.05) is 6.61 Å². The smallest absolute Gasteiger partial charge is 0.306 e. The predicted octanol–water partition coefficient (Wildman–Crippen LogP) is 11.4. The van der Waals surface area contributed by atoms with Crippen LogP contribution in [0.2, 0.25) is 0 Å². The van der Waals surface area contributed by atoms with E-state index >= 15 is 0 Å². The highest BCUT2D eigenvalue weighted by Gasteiger charge is 2.28. The Kier molecular flexibility index (Phi) is 32.6. The number of unbranched alkanes of at least 4 members (excludes halogenated alkanes) is 23. The summed E-state index contributed by atoms with van der Waals surface area (Å²) in [7, 11) is 2.09. The van der Waals surface area contributed by atoms with Gasteiger partial charge in [0.15, 0.2) is 0 Å². The molecule has 8 heteroatoms. The third-order valence-corrected chi connectivity index (χ3v) is 9.90. The Morgan fingerprint density at radius 2 is 0.913 bits per heavy atom. The minimum atomic E-state index is -3.29. The van der Waals surface area contributed by atoms with E-state index in [0.717, 1.165) is 57.8 Å². The first kappa shape index (κ1) is 41.8. The van der Waals surface area contributed by atoms with Gasteiger partial charge in [0, 0.05) is 27.1 Å². The first-order chi connectivity index (χ1) is 23.3. The van der Waals surface area contributed by atoms with Crippen LogP contribution in [-0.4, -0.2) is 49.2 Å². The number of ether oxygens (including phenoxy) is 2. The van der Waals surface area contributed by atoms with Gasteiger partial charge in [-0.1, -0.05) is 168 Å². The second-order valence-corrected chi connectivity index (χ2v) is 16.0. The molecule has 0 aromatic heterocycles. The van der Waals surface area contributed by atoms with E-state index in [1.54, 1.807) is 0 Å². The standard InChI is InChI=1S/C38H76BO5PSi/c1-4-7-10-13-16-19-20-23-26-29-32-38(41)44-36(33-34-42-46(39)45)35(30-27-24-21-17-14-11-8-5-2)43-37(40)31-28-25-22-18-15-12-9-6-3/h35-36,46H,4-34,45H2,1-3H3/t35?,36-,46?/m1/s1/i45T,46D/t35?,36-,45?,46?. The molecule has 0 aliphatic carbocycles. The van der Waals surface area contributed by atoms with Crippen LogP contribution in [0, 0.1) is 0 Å². The fourth-order valence-electron chi connectivity index (χ4n) is 6.02. The van der Waals surface area contributed by atoms with Gasteiger partial charge in [0.05, 0.1) is 8.72 Å². The largest absolute Gasteiger partial charge is 0.458 e. The lowest BCUT2D eigenvalue weighted by Crippen LogP contribution is -2.36. The molecule has 0 amide bonds. The lowest BCUT2D eigenvalue weighted by molar-refractivity contribution is -0.170.